The molecule has 3 atom stereocenters. The van der Waals surface area contributed by atoms with Crippen LogP contribution in [-0.2, 0) is 6.42 Å². The molecule has 2 aromatic rings. The van der Waals surface area contributed by atoms with Gasteiger partial charge in [0.2, 0.25) is 0 Å². The van der Waals surface area contributed by atoms with E-state index in [2.05, 4.69) is 9.88 Å². The van der Waals surface area contributed by atoms with Crippen LogP contribution in [0.1, 0.15) is 18.4 Å². The van der Waals surface area contributed by atoms with Gasteiger partial charge in [0.1, 0.15) is 17.4 Å². The molecule has 7 heteroatoms. The number of benzene rings is 1. The summed E-state index contributed by atoms with van der Waals surface area (Å²) in [5.41, 5.74) is -0.532. The van der Waals surface area contributed by atoms with E-state index in [9.17, 15) is 19.0 Å². The third kappa shape index (κ3) is 4.25. The number of nitrogens with zero attached hydrogens (tertiary/aromatic N) is 2. The van der Waals surface area contributed by atoms with Crippen molar-refractivity contribution in [2.24, 2.45) is 11.8 Å². The molecule has 1 saturated carbocycles. The molecule has 27 heavy (non-hydrogen) atoms. The highest BCUT2D eigenvalue weighted by atomic mass is 32.2. The zero-order valence-corrected chi connectivity index (χ0v) is 15.6. The number of thioether (sulfide) groups is 1. The van der Waals surface area contributed by atoms with Gasteiger partial charge in [0.25, 0.3) is 0 Å². The van der Waals surface area contributed by atoms with Gasteiger partial charge in [-0.25, -0.2) is 13.8 Å². The van der Waals surface area contributed by atoms with E-state index < -0.39 is 17.2 Å². The average Bonchev–Trinajstić information content (AvgIpc) is 3.11. The third-order valence-corrected chi connectivity index (χ3v) is 6.62. The summed E-state index contributed by atoms with van der Waals surface area (Å²) in [4.78, 5) is 6.53. The van der Waals surface area contributed by atoms with Crippen LogP contribution in [0.15, 0.2) is 41.6 Å². The fourth-order valence-electron chi connectivity index (χ4n) is 4.44. The van der Waals surface area contributed by atoms with Crippen molar-refractivity contribution in [1.82, 2.24) is 9.88 Å². The Morgan fingerprint density at radius 2 is 1.89 bits per heavy atom. The van der Waals surface area contributed by atoms with Gasteiger partial charge >= 0.3 is 0 Å². The number of hydrogen-bond acceptors (Lipinski definition) is 5. The van der Waals surface area contributed by atoms with E-state index in [-0.39, 0.29) is 12.2 Å². The van der Waals surface area contributed by atoms with Gasteiger partial charge < -0.3 is 10.2 Å². The maximum absolute atomic E-state index is 13.9. The first kappa shape index (κ1) is 18.7. The number of likely N-dealkylation sites (tertiary alicyclic amines) is 1. The predicted molar refractivity (Wildman–Crippen MR) is 99.4 cm³/mol. The van der Waals surface area contributed by atoms with Gasteiger partial charge in [0, 0.05) is 25.6 Å². The lowest BCUT2D eigenvalue weighted by Crippen LogP contribution is -2.32. The van der Waals surface area contributed by atoms with Crippen LogP contribution in [-0.4, -0.2) is 44.7 Å². The minimum Gasteiger partial charge on any atom is -0.506 e. The number of pyridine rings is 1. The van der Waals surface area contributed by atoms with Crippen molar-refractivity contribution in [2.75, 3.05) is 19.0 Å². The molecular formula is C20H22F2N2O2S. The van der Waals surface area contributed by atoms with Crippen LogP contribution >= 0.6 is 11.8 Å². The van der Waals surface area contributed by atoms with Crippen LogP contribution in [0.5, 0.6) is 5.75 Å². The Hall–Kier alpha value is -1.70. The Balaban J connectivity index is 1.31. The Kier molecular flexibility index (Phi) is 5.09. The molecule has 1 aromatic heterocycles. The van der Waals surface area contributed by atoms with E-state index in [1.807, 2.05) is 0 Å². The topological polar surface area (TPSA) is 56.6 Å². The van der Waals surface area contributed by atoms with Gasteiger partial charge in [0.05, 0.1) is 22.7 Å². The lowest BCUT2D eigenvalue weighted by molar-refractivity contribution is 0.0354. The molecule has 4 rings (SSSR count). The summed E-state index contributed by atoms with van der Waals surface area (Å²) in [6.45, 7) is 1.81. The van der Waals surface area contributed by atoms with Crippen LogP contribution in [0.3, 0.4) is 0 Å². The molecule has 1 aliphatic carbocycles. The van der Waals surface area contributed by atoms with Crippen molar-refractivity contribution in [2.45, 2.75) is 29.9 Å². The van der Waals surface area contributed by atoms with Crippen molar-refractivity contribution < 1.29 is 19.0 Å². The average molecular weight is 392 g/mol. The second-order valence-electron chi connectivity index (χ2n) is 7.73. The molecule has 1 unspecified atom stereocenters. The molecule has 1 aliphatic heterocycles. The van der Waals surface area contributed by atoms with Gasteiger partial charge in [-0.15, -0.1) is 0 Å². The summed E-state index contributed by atoms with van der Waals surface area (Å²) >= 11 is 1.63. The first-order chi connectivity index (χ1) is 12.9. The van der Waals surface area contributed by atoms with Crippen molar-refractivity contribution in [3.8, 4) is 5.75 Å². The molecule has 4 nitrogen and oxygen atoms in total. The summed E-state index contributed by atoms with van der Waals surface area (Å²) < 4.78 is 27.0. The number of rotatable bonds is 5. The van der Waals surface area contributed by atoms with Crippen LogP contribution < -0.4 is 0 Å². The predicted octanol–water partition coefficient (Wildman–Crippen LogP) is 3.43. The molecule has 0 radical (unpaired) electrons. The van der Waals surface area contributed by atoms with Gasteiger partial charge in [-0.3, -0.25) is 4.90 Å². The second-order valence-corrected chi connectivity index (χ2v) is 8.69. The largest absolute Gasteiger partial charge is 0.506 e. The van der Waals surface area contributed by atoms with E-state index in [1.54, 1.807) is 23.9 Å². The first-order valence-corrected chi connectivity index (χ1v) is 10.1. The number of halogens is 2. The van der Waals surface area contributed by atoms with Crippen molar-refractivity contribution in [3.05, 3.63) is 53.7 Å². The van der Waals surface area contributed by atoms with E-state index in [0.717, 1.165) is 30.1 Å². The Bertz CT molecular complexity index is 804. The fraction of sp³-hybridized carbons (Fsp3) is 0.450. The van der Waals surface area contributed by atoms with E-state index in [1.165, 1.54) is 18.3 Å². The second kappa shape index (κ2) is 7.37. The summed E-state index contributed by atoms with van der Waals surface area (Å²) in [6.07, 6.45) is 2.97. The summed E-state index contributed by atoms with van der Waals surface area (Å²) in [5.74, 6) is 0.587. The molecule has 2 heterocycles. The number of aromatic nitrogens is 1. The Morgan fingerprint density at radius 3 is 2.52 bits per heavy atom. The minimum atomic E-state index is -0.911. The van der Waals surface area contributed by atoms with Gasteiger partial charge in [-0.05, 0) is 48.4 Å². The SMILES string of the molecule is Oc1ccc(SCN2C[C@@H]3CC(O)(Cc4ccc(F)cc4F)C[C@@H]3C2)nc1. The number of aliphatic hydroxyl groups is 1. The Morgan fingerprint density at radius 1 is 1.15 bits per heavy atom. The van der Waals surface area contributed by atoms with Gasteiger partial charge in [0.15, 0.2) is 0 Å². The van der Waals surface area contributed by atoms with E-state index in [0.29, 0.717) is 30.2 Å². The number of aromatic hydroxyl groups is 1. The lowest BCUT2D eigenvalue weighted by Gasteiger charge is -2.26. The fourth-order valence-corrected chi connectivity index (χ4v) is 5.26. The highest BCUT2D eigenvalue weighted by Gasteiger charge is 2.48. The molecule has 1 saturated heterocycles. The lowest BCUT2D eigenvalue weighted by atomic mass is 9.91. The molecule has 0 bridgehead atoms. The third-order valence-electron chi connectivity index (χ3n) is 5.59. The van der Waals surface area contributed by atoms with Crippen LogP contribution in [0, 0.1) is 23.5 Å². The molecule has 1 aromatic carbocycles. The zero-order chi connectivity index (χ0) is 19.0. The molecule has 2 N–H and O–H groups in total. The number of fused-ring (bicyclic) bond motifs is 1. The highest BCUT2D eigenvalue weighted by molar-refractivity contribution is 7.99. The van der Waals surface area contributed by atoms with E-state index >= 15 is 0 Å². The van der Waals surface area contributed by atoms with Gasteiger partial charge in [-0.1, -0.05) is 17.8 Å². The summed E-state index contributed by atoms with van der Waals surface area (Å²) in [5, 5.41) is 21.1. The molecule has 0 amide bonds. The van der Waals surface area contributed by atoms with Crippen molar-refractivity contribution >= 4 is 11.8 Å². The standard InChI is InChI=1S/C20H22F2N2O2S/c21-16-2-1-13(18(22)5-16)6-20(26)7-14-10-24(11-15(14)8-20)12-27-19-4-3-17(25)9-23-19/h1-5,9,14-15,25-26H,6-8,10-12H2/t14-,15+,20?. The van der Waals surface area contributed by atoms with Gasteiger partial charge in [-0.2, -0.15) is 0 Å². The highest BCUT2D eigenvalue weighted by Crippen LogP contribution is 2.46. The van der Waals surface area contributed by atoms with Crippen molar-refractivity contribution in [1.29, 1.82) is 0 Å². The van der Waals surface area contributed by atoms with Crippen LogP contribution in [0.4, 0.5) is 8.78 Å². The normalized spacial score (nSPS) is 27.8. The molecular weight excluding hydrogens is 370 g/mol. The molecule has 0 spiro atoms. The summed E-state index contributed by atoms with van der Waals surface area (Å²) in [7, 11) is 0. The number of hydrogen-bond donors (Lipinski definition) is 2. The molecule has 144 valence electrons. The minimum absolute atomic E-state index is 0.159. The maximum atomic E-state index is 13.9. The van der Waals surface area contributed by atoms with Crippen molar-refractivity contribution in [3.63, 3.8) is 0 Å². The maximum Gasteiger partial charge on any atom is 0.133 e. The molecule has 2 aliphatic rings. The Labute approximate surface area is 161 Å². The van der Waals surface area contributed by atoms with E-state index in [4.69, 9.17) is 0 Å². The first-order valence-electron chi connectivity index (χ1n) is 9.07. The molecule has 2 fully saturated rings. The monoisotopic (exact) mass is 392 g/mol. The zero-order valence-electron chi connectivity index (χ0n) is 14.8. The quantitative estimate of drug-likeness (QED) is 0.764. The summed E-state index contributed by atoms with van der Waals surface area (Å²) in [6, 6.07) is 6.98. The smallest absolute Gasteiger partial charge is 0.133 e. The van der Waals surface area contributed by atoms with Crippen LogP contribution in [0.25, 0.3) is 0 Å². The van der Waals surface area contributed by atoms with Crippen LogP contribution in [0.2, 0.25) is 0 Å².